The summed E-state index contributed by atoms with van der Waals surface area (Å²) in [7, 11) is -3.51. The van der Waals surface area contributed by atoms with Crippen molar-refractivity contribution in [3.63, 3.8) is 0 Å². The van der Waals surface area contributed by atoms with Crippen LogP contribution in [0.15, 0.2) is 23.1 Å². The molecule has 7 heteroatoms. The number of anilines is 1. The van der Waals surface area contributed by atoms with Crippen LogP contribution in [0.4, 0.5) is 5.69 Å². The van der Waals surface area contributed by atoms with Crippen molar-refractivity contribution >= 4 is 15.7 Å². The van der Waals surface area contributed by atoms with Crippen molar-refractivity contribution < 1.29 is 17.9 Å². The summed E-state index contributed by atoms with van der Waals surface area (Å²) >= 11 is 0. The van der Waals surface area contributed by atoms with Crippen LogP contribution >= 0.6 is 0 Å². The summed E-state index contributed by atoms with van der Waals surface area (Å²) in [4.78, 5) is 0.238. The minimum absolute atomic E-state index is 0.0778. The Kier molecular flexibility index (Phi) is 5.66. The number of ether oxygens (including phenoxy) is 2. The number of fused-ring (bicyclic) bond motifs is 1. The highest BCUT2D eigenvalue weighted by Crippen LogP contribution is 2.31. The molecule has 1 aromatic rings. The molecule has 0 aliphatic carbocycles. The molecule has 0 amide bonds. The molecule has 1 heterocycles. The van der Waals surface area contributed by atoms with Crippen LogP contribution in [0.5, 0.6) is 5.75 Å². The Morgan fingerprint density at radius 2 is 2.23 bits per heavy atom. The quantitative estimate of drug-likeness (QED) is 0.749. The minimum Gasteiger partial charge on any atom is -0.487 e. The van der Waals surface area contributed by atoms with E-state index in [-0.39, 0.29) is 17.1 Å². The maximum atomic E-state index is 12.3. The Hall–Kier alpha value is -1.31. The zero-order chi connectivity index (χ0) is 16.2. The van der Waals surface area contributed by atoms with Gasteiger partial charge in [0.1, 0.15) is 11.9 Å². The van der Waals surface area contributed by atoms with E-state index < -0.39 is 10.0 Å². The highest BCUT2D eigenvalue weighted by atomic mass is 32.2. The molecule has 22 heavy (non-hydrogen) atoms. The highest BCUT2D eigenvalue weighted by Gasteiger charge is 2.20. The molecule has 1 aliphatic heterocycles. The van der Waals surface area contributed by atoms with E-state index in [1.54, 1.807) is 18.2 Å². The monoisotopic (exact) mass is 328 g/mol. The van der Waals surface area contributed by atoms with Crippen LogP contribution in [-0.2, 0) is 14.8 Å². The van der Waals surface area contributed by atoms with E-state index in [9.17, 15) is 8.42 Å². The molecule has 0 bridgehead atoms. The fourth-order valence-corrected chi connectivity index (χ4v) is 3.21. The second-order valence-electron chi connectivity index (χ2n) is 5.64. The van der Waals surface area contributed by atoms with Crippen molar-refractivity contribution in [1.82, 2.24) is 4.72 Å². The van der Waals surface area contributed by atoms with Crippen LogP contribution in [0.25, 0.3) is 0 Å². The van der Waals surface area contributed by atoms with Crippen molar-refractivity contribution in [1.29, 1.82) is 0 Å². The Morgan fingerprint density at radius 3 is 2.95 bits per heavy atom. The summed E-state index contributed by atoms with van der Waals surface area (Å²) in [6, 6.07) is 4.86. The standard InChI is InChI=1S/C15H24N2O4S/c1-11(2)20-8-4-7-17-22(18,19)13-5-6-15-14(9-13)16-10-12(3)21-15/h5-6,9,11-12,16-17H,4,7-8,10H2,1-3H3. The lowest BCUT2D eigenvalue weighted by atomic mass is 10.2. The second-order valence-corrected chi connectivity index (χ2v) is 7.41. The molecular weight excluding hydrogens is 304 g/mol. The lowest BCUT2D eigenvalue weighted by molar-refractivity contribution is 0.0778. The van der Waals surface area contributed by atoms with Gasteiger partial charge in [-0.2, -0.15) is 0 Å². The van der Waals surface area contributed by atoms with Gasteiger partial charge >= 0.3 is 0 Å². The predicted octanol–water partition coefficient (Wildman–Crippen LogP) is 1.97. The molecule has 1 atom stereocenters. The third-order valence-electron chi connectivity index (χ3n) is 3.23. The van der Waals surface area contributed by atoms with Gasteiger partial charge in [-0.15, -0.1) is 0 Å². The van der Waals surface area contributed by atoms with Gasteiger partial charge < -0.3 is 14.8 Å². The van der Waals surface area contributed by atoms with Gasteiger partial charge in [0.2, 0.25) is 10.0 Å². The fourth-order valence-electron chi connectivity index (χ4n) is 2.11. The molecule has 0 saturated carbocycles. The molecule has 1 aromatic carbocycles. The van der Waals surface area contributed by atoms with Crippen LogP contribution in [0, 0.1) is 0 Å². The van der Waals surface area contributed by atoms with Crippen LogP contribution in [0.3, 0.4) is 0 Å². The number of hydrogen-bond acceptors (Lipinski definition) is 5. The number of nitrogens with one attached hydrogen (secondary N) is 2. The molecule has 2 N–H and O–H groups in total. The molecule has 0 fully saturated rings. The van der Waals surface area contributed by atoms with Gasteiger partial charge in [0, 0.05) is 13.2 Å². The van der Waals surface area contributed by atoms with E-state index in [0.29, 0.717) is 37.6 Å². The Bertz CT molecular complexity index is 602. The van der Waals surface area contributed by atoms with Gasteiger partial charge in [-0.25, -0.2) is 13.1 Å². The van der Waals surface area contributed by atoms with Crippen molar-refractivity contribution in [3.05, 3.63) is 18.2 Å². The molecule has 0 saturated heterocycles. The molecule has 124 valence electrons. The summed E-state index contributed by atoms with van der Waals surface area (Å²) in [6.07, 6.45) is 0.876. The first-order chi connectivity index (χ1) is 10.4. The molecule has 1 aliphatic rings. The maximum Gasteiger partial charge on any atom is 0.240 e. The normalized spacial score (nSPS) is 17.7. The van der Waals surface area contributed by atoms with Crippen LogP contribution in [-0.4, -0.2) is 40.3 Å². The zero-order valence-corrected chi connectivity index (χ0v) is 14.1. The first-order valence-corrected chi connectivity index (χ1v) is 9.02. The van der Waals surface area contributed by atoms with E-state index in [1.807, 2.05) is 20.8 Å². The number of benzene rings is 1. The molecule has 2 rings (SSSR count). The Balaban J connectivity index is 1.95. The average Bonchev–Trinajstić information content (AvgIpc) is 2.45. The van der Waals surface area contributed by atoms with E-state index in [4.69, 9.17) is 9.47 Å². The number of rotatable bonds is 7. The zero-order valence-electron chi connectivity index (χ0n) is 13.3. The fraction of sp³-hybridized carbons (Fsp3) is 0.600. The third-order valence-corrected chi connectivity index (χ3v) is 4.69. The maximum absolute atomic E-state index is 12.3. The molecule has 0 aromatic heterocycles. The average molecular weight is 328 g/mol. The molecule has 1 unspecified atom stereocenters. The molecule has 0 radical (unpaired) electrons. The molecule has 6 nitrogen and oxygen atoms in total. The van der Waals surface area contributed by atoms with E-state index in [2.05, 4.69) is 10.0 Å². The number of hydrogen-bond donors (Lipinski definition) is 2. The summed E-state index contributed by atoms with van der Waals surface area (Å²) in [5, 5.41) is 3.18. The summed E-state index contributed by atoms with van der Waals surface area (Å²) in [5.74, 6) is 0.683. The van der Waals surface area contributed by atoms with Crippen molar-refractivity contribution in [2.24, 2.45) is 0 Å². The van der Waals surface area contributed by atoms with E-state index in [0.717, 1.165) is 0 Å². The van der Waals surface area contributed by atoms with Crippen molar-refractivity contribution in [3.8, 4) is 5.75 Å². The van der Waals surface area contributed by atoms with Crippen molar-refractivity contribution in [2.45, 2.75) is 44.3 Å². The summed E-state index contributed by atoms with van der Waals surface area (Å²) in [6.45, 7) is 7.42. The molecular formula is C15H24N2O4S. The van der Waals surface area contributed by atoms with Crippen LogP contribution in [0.1, 0.15) is 27.2 Å². The van der Waals surface area contributed by atoms with Gasteiger partial charge in [0.05, 0.1) is 23.2 Å². The van der Waals surface area contributed by atoms with Gasteiger partial charge in [-0.3, -0.25) is 0 Å². The largest absolute Gasteiger partial charge is 0.487 e. The summed E-state index contributed by atoms with van der Waals surface area (Å²) < 4.78 is 38.1. The summed E-state index contributed by atoms with van der Waals surface area (Å²) in [5.41, 5.74) is 0.712. The first kappa shape index (κ1) is 17.1. The van der Waals surface area contributed by atoms with Gasteiger partial charge in [0.15, 0.2) is 0 Å². The third kappa shape index (κ3) is 4.59. The number of sulfonamides is 1. The van der Waals surface area contributed by atoms with E-state index >= 15 is 0 Å². The Labute approximate surface area is 132 Å². The SMILES string of the molecule is CC(C)OCCCNS(=O)(=O)c1ccc2c(c1)NCC(C)O2. The van der Waals surface area contributed by atoms with Crippen LogP contribution in [0.2, 0.25) is 0 Å². The van der Waals surface area contributed by atoms with Crippen molar-refractivity contribution in [2.75, 3.05) is 25.0 Å². The van der Waals surface area contributed by atoms with Gasteiger partial charge in [-0.05, 0) is 45.4 Å². The minimum atomic E-state index is -3.51. The van der Waals surface area contributed by atoms with Gasteiger partial charge in [-0.1, -0.05) is 0 Å². The second kappa shape index (κ2) is 7.30. The lowest BCUT2D eigenvalue weighted by Crippen LogP contribution is -2.29. The first-order valence-electron chi connectivity index (χ1n) is 7.54. The van der Waals surface area contributed by atoms with Crippen LogP contribution < -0.4 is 14.8 Å². The predicted molar refractivity (Wildman–Crippen MR) is 85.9 cm³/mol. The topological polar surface area (TPSA) is 76.7 Å². The van der Waals surface area contributed by atoms with E-state index in [1.165, 1.54) is 0 Å². The smallest absolute Gasteiger partial charge is 0.240 e. The Morgan fingerprint density at radius 1 is 1.45 bits per heavy atom. The lowest BCUT2D eigenvalue weighted by Gasteiger charge is -2.25. The molecule has 0 spiro atoms. The highest BCUT2D eigenvalue weighted by molar-refractivity contribution is 7.89. The van der Waals surface area contributed by atoms with Gasteiger partial charge in [0.25, 0.3) is 0 Å².